The molecule has 152 valence electrons. The van der Waals surface area contributed by atoms with Gasteiger partial charge in [0.2, 0.25) is 0 Å². The number of benzene rings is 2. The van der Waals surface area contributed by atoms with Gasteiger partial charge in [-0.15, -0.1) is 0 Å². The lowest BCUT2D eigenvalue weighted by Crippen LogP contribution is -2.42. The van der Waals surface area contributed by atoms with Crippen molar-refractivity contribution in [3.05, 3.63) is 54.1 Å². The van der Waals surface area contributed by atoms with Crippen molar-refractivity contribution in [2.45, 2.75) is 45.5 Å². The molecule has 6 nitrogen and oxygen atoms in total. The fourth-order valence-corrected chi connectivity index (χ4v) is 3.41. The van der Waals surface area contributed by atoms with Gasteiger partial charge >= 0.3 is 13.2 Å². The van der Waals surface area contributed by atoms with Gasteiger partial charge in [-0.1, -0.05) is 42.5 Å². The van der Waals surface area contributed by atoms with Gasteiger partial charge in [0.25, 0.3) is 0 Å². The van der Waals surface area contributed by atoms with E-state index in [1.807, 2.05) is 76.2 Å². The summed E-state index contributed by atoms with van der Waals surface area (Å²) >= 11 is 0. The molecule has 2 aliphatic heterocycles. The summed E-state index contributed by atoms with van der Waals surface area (Å²) in [5.74, 6) is 0.605. The second kappa shape index (κ2) is 7.39. The molecule has 2 heterocycles. The van der Waals surface area contributed by atoms with Crippen LogP contribution in [0.15, 0.2) is 48.5 Å². The Labute approximate surface area is 171 Å². The van der Waals surface area contributed by atoms with Crippen molar-refractivity contribution in [3.8, 4) is 5.75 Å². The maximum Gasteiger partial charge on any atom is 0.498 e. The molecule has 0 unspecified atom stereocenters. The molecule has 4 rings (SSSR count). The summed E-state index contributed by atoms with van der Waals surface area (Å²) in [5, 5.41) is 0. The number of para-hydroxylation sites is 1. The maximum atomic E-state index is 12.8. The average Bonchev–Trinajstić information content (AvgIpc) is 2.93. The molecular weight excluding hydrogens is 369 g/mol. The van der Waals surface area contributed by atoms with Crippen LogP contribution in [0.25, 0.3) is 0 Å². The lowest BCUT2D eigenvalue weighted by molar-refractivity contribution is 0.00578. The number of anilines is 1. The molecule has 0 bridgehead atoms. The van der Waals surface area contributed by atoms with Crippen LogP contribution in [0.1, 0.15) is 33.3 Å². The first-order valence-electron chi connectivity index (χ1n) is 9.88. The minimum absolute atomic E-state index is 0.225. The van der Waals surface area contributed by atoms with E-state index in [1.165, 1.54) is 0 Å². The van der Waals surface area contributed by atoms with Crippen molar-refractivity contribution in [2.75, 3.05) is 18.1 Å². The fraction of sp³-hybridized carbons (Fsp3) is 0.409. The third kappa shape index (κ3) is 3.72. The number of ether oxygens (including phenoxy) is 2. The molecule has 7 heteroatoms. The van der Waals surface area contributed by atoms with E-state index in [4.69, 9.17) is 18.8 Å². The van der Waals surface area contributed by atoms with Crippen LogP contribution in [0.5, 0.6) is 5.75 Å². The second-order valence-corrected chi connectivity index (χ2v) is 8.32. The smallest absolute Gasteiger partial charge is 0.490 e. The summed E-state index contributed by atoms with van der Waals surface area (Å²) in [6, 6.07) is 15.3. The fourth-order valence-electron chi connectivity index (χ4n) is 3.41. The third-order valence-corrected chi connectivity index (χ3v) is 5.81. The number of hydrogen-bond donors (Lipinski definition) is 0. The molecule has 0 atom stereocenters. The predicted molar refractivity (Wildman–Crippen MR) is 112 cm³/mol. The lowest BCUT2D eigenvalue weighted by Gasteiger charge is -2.32. The minimum atomic E-state index is -0.560. The van der Waals surface area contributed by atoms with E-state index in [-0.39, 0.29) is 6.61 Å². The van der Waals surface area contributed by atoms with E-state index in [0.717, 1.165) is 11.0 Å². The van der Waals surface area contributed by atoms with E-state index in [0.29, 0.717) is 24.6 Å². The van der Waals surface area contributed by atoms with E-state index < -0.39 is 24.4 Å². The summed E-state index contributed by atoms with van der Waals surface area (Å²) in [5.41, 5.74) is 1.48. The van der Waals surface area contributed by atoms with E-state index >= 15 is 0 Å². The Bertz CT molecular complexity index is 883. The Kier molecular flexibility index (Phi) is 5.04. The maximum absolute atomic E-state index is 12.8. The highest BCUT2D eigenvalue weighted by atomic mass is 16.7. The van der Waals surface area contributed by atoms with Crippen molar-refractivity contribution in [1.29, 1.82) is 0 Å². The van der Waals surface area contributed by atoms with Gasteiger partial charge in [0, 0.05) is 5.46 Å². The number of amides is 1. The summed E-state index contributed by atoms with van der Waals surface area (Å²) in [6.07, 6.45) is -0.399. The van der Waals surface area contributed by atoms with Crippen molar-refractivity contribution in [1.82, 2.24) is 0 Å². The van der Waals surface area contributed by atoms with Crippen LogP contribution in [0.4, 0.5) is 10.5 Å². The second-order valence-electron chi connectivity index (χ2n) is 8.32. The Morgan fingerprint density at radius 2 is 1.72 bits per heavy atom. The van der Waals surface area contributed by atoms with Crippen LogP contribution in [0.3, 0.4) is 0 Å². The number of carbonyl (C=O) groups excluding carboxylic acids is 1. The van der Waals surface area contributed by atoms with E-state index in [2.05, 4.69) is 0 Å². The van der Waals surface area contributed by atoms with Crippen LogP contribution >= 0.6 is 0 Å². The lowest BCUT2D eigenvalue weighted by atomic mass is 9.77. The first-order valence-corrected chi connectivity index (χ1v) is 9.88. The molecule has 1 saturated heterocycles. The highest BCUT2D eigenvalue weighted by Crippen LogP contribution is 2.39. The Morgan fingerprint density at radius 3 is 2.41 bits per heavy atom. The summed E-state index contributed by atoms with van der Waals surface area (Å²) in [4.78, 5) is 14.4. The molecule has 2 aromatic rings. The number of nitrogens with zero attached hydrogens (tertiary/aromatic N) is 1. The summed E-state index contributed by atoms with van der Waals surface area (Å²) in [6.45, 7) is 9.07. The van der Waals surface area contributed by atoms with E-state index in [1.54, 1.807) is 4.90 Å². The summed E-state index contributed by atoms with van der Waals surface area (Å²) < 4.78 is 23.8. The van der Waals surface area contributed by atoms with Crippen LogP contribution in [-0.2, 0) is 20.7 Å². The minimum Gasteiger partial charge on any atom is -0.490 e. The largest absolute Gasteiger partial charge is 0.498 e. The standard InChI is InChI=1S/C22H26BNO5/c1-21(2)22(3,4)29-23(28-21)17-11-8-12-18-19(17)26-14-13-24(18)20(25)27-15-16-9-6-5-7-10-16/h5-12H,13-15H2,1-4H3. The topological polar surface area (TPSA) is 57.2 Å². The molecule has 0 aliphatic carbocycles. The Morgan fingerprint density at radius 1 is 1.03 bits per heavy atom. The zero-order chi connectivity index (χ0) is 20.6. The first-order chi connectivity index (χ1) is 13.8. The van der Waals surface area contributed by atoms with Crippen molar-refractivity contribution in [2.24, 2.45) is 0 Å². The van der Waals surface area contributed by atoms with Gasteiger partial charge in [0.15, 0.2) is 0 Å². The molecule has 0 aromatic heterocycles. The van der Waals surface area contributed by atoms with Crippen LogP contribution in [0.2, 0.25) is 0 Å². The van der Waals surface area contributed by atoms with Gasteiger partial charge in [-0.3, -0.25) is 4.90 Å². The van der Waals surface area contributed by atoms with Gasteiger partial charge < -0.3 is 18.8 Å². The molecule has 0 N–H and O–H groups in total. The van der Waals surface area contributed by atoms with Crippen molar-refractivity contribution < 1.29 is 23.6 Å². The molecule has 1 amide bonds. The molecule has 1 fully saturated rings. The SMILES string of the molecule is CC1(C)OB(c2cccc3c2OCCN3C(=O)OCc2ccccc2)OC1(C)C. The molecule has 2 aliphatic rings. The van der Waals surface area contributed by atoms with Gasteiger partial charge in [-0.2, -0.15) is 0 Å². The quantitative estimate of drug-likeness (QED) is 0.745. The number of hydrogen-bond acceptors (Lipinski definition) is 5. The zero-order valence-corrected chi connectivity index (χ0v) is 17.3. The monoisotopic (exact) mass is 395 g/mol. The van der Waals surface area contributed by atoms with Gasteiger partial charge in [0.05, 0.1) is 23.4 Å². The molecule has 2 aromatic carbocycles. The van der Waals surface area contributed by atoms with E-state index in [9.17, 15) is 4.79 Å². The van der Waals surface area contributed by atoms with Crippen molar-refractivity contribution in [3.63, 3.8) is 0 Å². The van der Waals surface area contributed by atoms with Gasteiger partial charge in [-0.25, -0.2) is 4.79 Å². The van der Waals surface area contributed by atoms with Crippen LogP contribution < -0.4 is 15.1 Å². The van der Waals surface area contributed by atoms with Gasteiger partial charge in [0.1, 0.15) is 19.0 Å². The number of rotatable bonds is 3. The number of carbonyl (C=O) groups is 1. The molecule has 0 spiro atoms. The molecular formula is C22H26BNO5. The summed E-state index contributed by atoms with van der Waals surface area (Å²) in [7, 11) is -0.560. The predicted octanol–water partition coefficient (Wildman–Crippen LogP) is 3.52. The van der Waals surface area contributed by atoms with Crippen LogP contribution in [-0.4, -0.2) is 37.6 Å². The average molecular weight is 395 g/mol. The highest BCUT2D eigenvalue weighted by Gasteiger charge is 2.53. The molecule has 0 saturated carbocycles. The normalized spacial score (nSPS) is 19.4. The van der Waals surface area contributed by atoms with Crippen LogP contribution in [0, 0.1) is 0 Å². The Hall–Kier alpha value is -2.51. The molecule has 0 radical (unpaired) electrons. The first kappa shape index (κ1) is 19.8. The zero-order valence-electron chi connectivity index (χ0n) is 17.3. The highest BCUT2D eigenvalue weighted by molar-refractivity contribution is 6.63. The molecule has 29 heavy (non-hydrogen) atoms. The number of fused-ring (bicyclic) bond motifs is 1. The van der Waals surface area contributed by atoms with Gasteiger partial charge in [-0.05, 0) is 39.3 Å². The van der Waals surface area contributed by atoms with Crippen molar-refractivity contribution >= 4 is 24.4 Å². The Balaban J connectivity index is 1.56. The third-order valence-electron chi connectivity index (χ3n) is 5.81.